The number of ether oxygens (including phenoxy) is 1. The number of nitrogens with zero attached hydrogens (tertiary/aromatic N) is 2. The summed E-state index contributed by atoms with van der Waals surface area (Å²) in [4.78, 5) is 59.9. The first-order chi connectivity index (χ1) is 16.3. The van der Waals surface area contributed by atoms with Gasteiger partial charge in [-0.15, -0.1) is 0 Å². The molecule has 1 unspecified atom stereocenters. The third-order valence-corrected chi connectivity index (χ3v) is 5.12. The van der Waals surface area contributed by atoms with Gasteiger partial charge in [0.2, 0.25) is 0 Å². The van der Waals surface area contributed by atoms with Crippen LogP contribution in [-0.4, -0.2) is 46.2 Å². The molecule has 13 heteroatoms. The summed E-state index contributed by atoms with van der Waals surface area (Å²) in [6, 6.07) is 6.49. The zero-order chi connectivity index (χ0) is 26.1. The molecule has 1 aliphatic rings. The van der Waals surface area contributed by atoms with Crippen molar-refractivity contribution in [2.75, 3.05) is 11.9 Å². The number of carbonyl (C=O) groups excluding carboxylic acids is 4. The lowest BCUT2D eigenvalue weighted by atomic mass is 10.1. The van der Waals surface area contributed by atoms with Crippen molar-refractivity contribution < 1.29 is 42.0 Å². The van der Waals surface area contributed by atoms with Crippen LogP contribution in [0, 0.1) is 17.0 Å². The maximum absolute atomic E-state index is 13.3. The topological polar surface area (TPSA) is 136 Å². The Hall–Kier alpha value is -4.29. The van der Waals surface area contributed by atoms with Crippen molar-refractivity contribution in [1.29, 1.82) is 0 Å². The number of alkyl halides is 3. The van der Waals surface area contributed by atoms with Gasteiger partial charge in [0, 0.05) is 18.7 Å². The first-order valence-electron chi connectivity index (χ1n) is 10.1. The second-order valence-electron chi connectivity index (χ2n) is 7.67. The van der Waals surface area contributed by atoms with E-state index in [-0.39, 0.29) is 23.7 Å². The molecule has 1 aliphatic heterocycles. The molecule has 0 aromatic heterocycles. The fourth-order valence-electron chi connectivity index (χ4n) is 3.34. The number of nitrogens with one attached hydrogen (secondary N) is 1. The summed E-state index contributed by atoms with van der Waals surface area (Å²) in [7, 11) is 0. The molecule has 184 valence electrons. The van der Waals surface area contributed by atoms with E-state index in [1.165, 1.54) is 6.07 Å². The number of rotatable bonds is 7. The van der Waals surface area contributed by atoms with E-state index in [1.807, 2.05) is 5.32 Å². The van der Waals surface area contributed by atoms with Crippen LogP contribution in [0.5, 0.6) is 0 Å². The van der Waals surface area contributed by atoms with Gasteiger partial charge in [0.15, 0.2) is 6.10 Å². The number of anilines is 1. The largest absolute Gasteiger partial charge is 0.452 e. The molecule has 35 heavy (non-hydrogen) atoms. The summed E-state index contributed by atoms with van der Waals surface area (Å²) in [6.45, 7) is 2.54. The van der Waals surface area contributed by atoms with E-state index in [0.717, 1.165) is 29.5 Å². The fraction of sp³-hybridized carbons (Fsp3) is 0.273. The van der Waals surface area contributed by atoms with Crippen molar-refractivity contribution >= 4 is 35.1 Å². The molecule has 2 aromatic carbocycles. The van der Waals surface area contributed by atoms with Crippen LogP contribution in [0.1, 0.15) is 45.2 Å². The number of carbonyl (C=O) groups is 4. The van der Waals surface area contributed by atoms with Gasteiger partial charge in [-0.1, -0.05) is 11.6 Å². The Morgan fingerprint density at radius 1 is 1.11 bits per heavy atom. The lowest BCUT2D eigenvalue weighted by Gasteiger charge is -2.17. The average Bonchev–Trinajstić information content (AvgIpc) is 3.00. The Balaban J connectivity index is 1.61. The van der Waals surface area contributed by atoms with Crippen molar-refractivity contribution in [2.45, 2.75) is 32.5 Å². The summed E-state index contributed by atoms with van der Waals surface area (Å²) in [6.07, 6.45) is -6.99. The number of fused-ring (bicyclic) bond motifs is 1. The van der Waals surface area contributed by atoms with Crippen LogP contribution in [-0.2, 0) is 20.5 Å². The van der Waals surface area contributed by atoms with Crippen molar-refractivity contribution in [3.8, 4) is 0 Å². The van der Waals surface area contributed by atoms with E-state index in [0.29, 0.717) is 0 Å². The lowest BCUT2D eigenvalue weighted by Crippen LogP contribution is -2.34. The van der Waals surface area contributed by atoms with Gasteiger partial charge in [0.1, 0.15) is 0 Å². The van der Waals surface area contributed by atoms with Crippen LogP contribution in [0.15, 0.2) is 36.4 Å². The summed E-state index contributed by atoms with van der Waals surface area (Å²) >= 11 is 0. The van der Waals surface area contributed by atoms with Crippen LogP contribution >= 0.6 is 0 Å². The van der Waals surface area contributed by atoms with Gasteiger partial charge in [-0.25, -0.2) is 0 Å². The molecule has 1 atom stereocenters. The van der Waals surface area contributed by atoms with E-state index < -0.39 is 64.3 Å². The summed E-state index contributed by atoms with van der Waals surface area (Å²) in [5.41, 5.74) is -1.84. The Morgan fingerprint density at radius 2 is 1.77 bits per heavy atom. The van der Waals surface area contributed by atoms with Crippen LogP contribution in [0.2, 0.25) is 0 Å². The summed E-state index contributed by atoms with van der Waals surface area (Å²) in [5.74, 6) is -3.25. The molecule has 10 nitrogen and oxygen atoms in total. The molecule has 0 bridgehead atoms. The highest BCUT2D eigenvalue weighted by atomic mass is 19.4. The zero-order valence-corrected chi connectivity index (χ0v) is 18.3. The van der Waals surface area contributed by atoms with Crippen molar-refractivity contribution in [3.63, 3.8) is 0 Å². The Bertz CT molecular complexity index is 1240. The molecule has 3 amide bonds. The van der Waals surface area contributed by atoms with E-state index >= 15 is 0 Å². The average molecular weight is 493 g/mol. The van der Waals surface area contributed by atoms with Crippen LogP contribution in [0.3, 0.4) is 0 Å². The fourth-order valence-corrected chi connectivity index (χ4v) is 3.34. The molecule has 0 saturated heterocycles. The van der Waals surface area contributed by atoms with Gasteiger partial charge in [0.25, 0.3) is 23.4 Å². The molecule has 0 saturated carbocycles. The van der Waals surface area contributed by atoms with Crippen LogP contribution in [0.25, 0.3) is 0 Å². The van der Waals surface area contributed by atoms with Crippen LogP contribution in [0.4, 0.5) is 24.5 Å². The Kier molecular flexibility index (Phi) is 6.89. The number of amides is 3. The van der Waals surface area contributed by atoms with Gasteiger partial charge >= 0.3 is 12.1 Å². The molecular formula is C22H18F3N3O7. The number of benzene rings is 2. The van der Waals surface area contributed by atoms with E-state index in [2.05, 4.69) is 0 Å². The standard InChI is InChI=1S/C22H18F3N3O7/c1-11-3-5-14-15(9-11)21(32)27(20(14)31)8-7-18(29)35-12(2)19(30)26-17-6-4-13(28(33)34)10-16(17)22(23,24)25/h3-6,9-10,12H,7-8H2,1-2H3,(H,26,30). The lowest BCUT2D eigenvalue weighted by molar-refractivity contribution is -0.385. The molecule has 1 heterocycles. The molecule has 1 N–H and O–H groups in total. The third-order valence-electron chi connectivity index (χ3n) is 5.12. The second-order valence-corrected chi connectivity index (χ2v) is 7.67. The summed E-state index contributed by atoms with van der Waals surface area (Å²) in [5, 5.41) is 12.7. The quantitative estimate of drug-likeness (QED) is 0.270. The van der Waals surface area contributed by atoms with E-state index in [9.17, 15) is 42.5 Å². The molecule has 0 spiro atoms. The highest BCUT2D eigenvalue weighted by molar-refractivity contribution is 6.21. The van der Waals surface area contributed by atoms with Gasteiger partial charge < -0.3 is 10.1 Å². The van der Waals surface area contributed by atoms with E-state index in [4.69, 9.17) is 4.74 Å². The van der Waals surface area contributed by atoms with Crippen molar-refractivity contribution in [2.24, 2.45) is 0 Å². The number of esters is 1. The first kappa shape index (κ1) is 25.3. The van der Waals surface area contributed by atoms with Gasteiger partial charge in [-0.2, -0.15) is 13.2 Å². The van der Waals surface area contributed by atoms with Gasteiger partial charge in [-0.3, -0.25) is 34.2 Å². The number of hydrogen-bond donors (Lipinski definition) is 1. The highest BCUT2D eigenvalue weighted by Crippen LogP contribution is 2.37. The molecule has 0 fully saturated rings. The molecule has 2 aromatic rings. The number of hydrogen-bond acceptors (Lipinski definition) is 7. The predicted octanol–water partition coefficient (Wildman–Crippen LogP) is 3.48. The van der Waals surface area contributed by atoms with Gasteiger partial charge in [-0.05, 0) is 32.0 Å². The monoisotopic (exact) mass is 493 g/mol. The van der Waals surface area contributed by atoms with Crippen molar-refractivity contribution in [3.05, 3.63) is 68.8 Å². The number of nitro groups is 1. The van der Waals surface area contributed by atoms with Gasteiger partial charge in [0.05, 0.1) is 33.7 Å². The van der Waals surface area contributed by atoms with Crippen LogP contribution < -0.4 is 5.32 Å². The SMILES string of the molecule is Cc1ccc2c(c1)C(=O)N(CCC(=O)OC(C)C(=O)Nc1ccc([N+](=O)[O-])cc1C(F)(F)F)C2=O. The minimum atomic E-state index is -5.00. The number of imide groups is 1. The zero-order valence-electron chi connectivity index (χ0n) is 18.3. The summed E-state index contributed by atoms with van der Waals surface area (Å²) < 4.78 is 44.7. The minimum absolute atomic E-state index is 0.199. The third kappa shape index (κ3) is 5.45. The number of nitro benzene ring substituents is 1. The molecule has 0 radical (unpaired) electrons. The maximum atomic E-state index is 13.3. The minimum Gasteiger partial charge on any atom is -0.452 e. The maximum Gasteiger partial charge on any atom is 0.418 e. The van der Waals surface area contributed by atoms with E-state index in [1.54, 1.807) is 19.1 Å². The Morgan fingerprint density at radius 3 is 2.40 bits per heavy atom. The first-order valence-corrected chi connectivity index (χ1v) is 10.1. The molecule has 3 rings (SSSR count). The smallest absolute Gasteiger partial charge is 0.418 e. The Labute approximate surface area is 195 Å². The predicted molar refractivity (Wildman–Crippen MR) is 113 cm³/mol. The normalized spacial score (nSPS) is 13.9. The second kappa shape index (κ2) is 9.52. The highest BCUT2D eigenvalue weighted by Gasteiger charge is 2.37. The van der Waals surface area contributed by atoms with Crippen molar-refractivity contribution in [1.82, 2.24) is 4.90 Å². The number of halogens is 3. The molecule has 0 aliphatic carbocycles. The molecular weight excluding hydrogens is 475 g/mol. The number of non-ortho nitro benzene ring substituents is 1. The number of aryl methyl sites for hydroxylation is 1.